The van der Waals surface area contributed by atoms with E-state index in [0.717, 1.165) is 31.2 Å². The Morgan fingerprint density at radius 2 is 1.96 bits per heavy atom. The number of carbonyl (C=O) groups is 1. The van der Waals surface area contributed by atoms with E-state index in [1.54, 1.807) is 24.4 Å². The van der Waals surface area contributed by atoms with Crippen LogP contribution in [0.25, 0.3) is 5.52 Å². The maximum atomic E-state index is 12.8. The number of nitrogens with zero attached hydrogens (tertiary/aromatic N) is 3. The maximum Gasteiger partial charge on any atom is 0.278 e. The van der Waals surface area contributed by atoms with Gasteiger partial charge in [0.1, 0.15) is 11.8 Å². The number of nitrogens with one attached hydrogen (secondary N) is 1. The van der Waals surface area contributed by atoms with Crippen LogP contribution in [0, 0.1) is 0 Å². The molecule has 3 aromatic rings. The summed E-state index contributed by atoms with van der Waals surface area (Å²) in [5.41, 5.74) is 1.60. The van der Waals surface area contributed by atoms with Crippen molar-refractivity contribution in [2.75, 3.05) is 5.32 Å². The molecule has 0 saturated heterocycles. The average molecular weight is 421 g/mol. The highest BCUT2D eigenvalue weighted by molar-refractivity contribution is 6.42. The van der Waals surface area contributed by atoms with Gasteiger partial charge in [0.25, 0.3) is 5.56 Å². The van der Waals surface area contributed by atoms with Crippen LogP contribution in [-0.4, -0.2) is 20.1 Å². The van der Waals surface area contributed by atoms with Gasteiger partial charge in [0.05, 0.1) is 28.5 Å². The van der Waals surface area contributed by atoms with E-state index in [1.807, 2.05) is 6.07 Å². The van der Waals surface area contributed by atoms with Gasteiger partial charge in [-0.2, -0.15) is 5.10 Å². The molecule has 148 valence electrons. The zero-order chi connectivity index (χ0) is 20.1. The lowest BCUT2D eigenvalue weighted by Gasteiger charge is -2.06. The molecular weight excluding hydrogens is 399 g/mol. The summed E-state index contributed by atoms with van der Waals surface area (Å²) >= 11 is 12.0. The topological polar surface area (TPSA) is 68.4 Å². The van der Waals surface area contributed by atoms with Crippen LogP contribution in [-0.2, 0) is 11.3 Å². The SMILES string of the molecule is CCCCCCC(=O)Nc1cc2c(=O)n(Cc3ccc(Cl)c(Cl)c3)cnn2c1. The Morgan fingerprint density at radius 3 is 2.71 bits per heavy atom. The maximum absolute atomic E-state index is 12.8. The molecule has 0 aliphatic carbocycles. The Bertz CT molecular complexity index is 1040. The van der Waals surface area contributed by atoms with Crippen molar-refractivity contribution in [1.29, 1.82) is 0 Å². The number of amides is 1. The molecule has 1 amide bonds. The molecule has 0 spiro atoms. The molecular formula is C20H22Cl2N4O2. The highest BCUT2D eigenvalue weighted by Gasteiger charge is 2.10. The van der Waals surface area contributed by atoms with E-state index < -0.39 is 0 Å². The predicted octanol–water partition coefficient (Wildman–Crippen LogP) is 4.76. The number of aromatic nitrogens is 3. The van der Waals surface area contributed by atoms with Gasteiger partial charge in [-0.05, 0) is 30.2 Å². The molecule has 0 saturated carbocycles. The molecule has 0 bridgehead atoms. The van der Waals surface area contributed by atoms with Crippen molar-refractivity contribution in [2.24, 2.45) is 0 Å². The molecule has 8 heteroatoms. The monoisotopic (exact) mass is 420 g/mol. The number of hydrogen-bond donors (Lipinski definition) is 1. The number of carbonyl (C=O) groups excluding carboxylic acids is 1. The van der Waals surface area contributed by atoms with Gasteiger partial charge in [0, 0.05) is 6.42 Å². The second-order valence-corrected chi connectivity index (χ2v) is 7.54. The van der Waals surface area contributed by atoms with Crippen LogP contribution in [0.2, 0.25) is 10.0 Å². The van der Waals surface area contributed by atoms with Crippen LogP contribution in [0.1, 0.15) is 44.6 Å². The number of hydrogen-bond acceptors (Lipinski definition) is 3. The zero-order valence-electron chi connectivity index (χ0n) is 15.6. The van der Waals surface area contributed by atoms with Gasteiger partial charge in [0.15, 0.2) is 0 Å². The van der Waals surface area contributed by atoms with Gasteiger partial charge in [-0.15, -0.1) is 0 Å². The van der Waals surface area contributed by atoms with Crippen LogP contribution in [0.3, 0.4) is 0 Å². The van der Waals surface area contributed by atoms with E-state index in [2.05, 4.69) is 17.3 Å². The fourth-order valence-electron chi connectivity index (χ4n) is 2.98. The first-order chi connectivity index (χ1) is 13.5. The van der Waals surface area contributed by atoms with Gasteiger partial charge >= 0.3 is 0 Å². The highest BCUT2D eigenvalue weighted by atomic mass is 35.5. The predicted molar refractivity (Wildman–Crippen MR) is 112 cm³/mol. The minimum absolute atomic E-state index is 0.0526. The number of halogens is 2. The Balaban J connectivity index is 1.74. The first-order valence-corrected chi connectivity index (χ1v) is 10.0. The molecule has 0 aliphatic rings. The third-order valence-corrected chi connectivity index (χ3v) is 5.21. The summed E-state index contributed by atoms with van der Waals surface area (Å²) in [6.45, 7) is 2.46. The van der Waals surface area contributed by atoms with E-state index in [1.165, 1.54) is 15.4 Å². The van der Waals surface area contributed by atoms with Crippen molar-refractivity contribution in [3.8, 4) is 0 Å². The Morgan fingerprint density at radius 1 is 1.14 bits per heavy atom. The molecule has 0 aliphatic heterocycles. The number of anilines is 1. The first kappa shape index (κ1) is 20.4. The van der Waals surface area contributed by atoms with E-state index in [4.69, 9.17) is 23.2 Å². The molecule has 6 nitrogen and oxygen atoms in total. The second kappa shape index (κ2) is 9.26. The summed E-state index contributed by atoms with van der Waals surface area (Å²) in [5.74, 6) is -0.0526. The first-order valence-electron chi connectivity index (χ1n) is 9.29. The Kier molecular flexibility index (Phi) is 6.75. The van der Waals surface area contributed by atoms with Crippen LogP contribution >= 0.6 is 23.2 Å². The van der Waals surface area contributed by atoms with Crippen molar-refractivity contribution >= 4 is 40.3 Å². The largest absolute Gasteiger partial charge is 0.325 e. The molecule has 0 unspecified atom stereocenters. The van der Waals surface area contributed by atoms with E-state index >= 15 is 0 Å². The molecule has 2 aromatic heterocycles. The fraction of sp³-hybridized carbons (Fsp3) is 0.350. The standard InChI is InChI=1S/C20H22Cl2N4O2/c1-2-3-4-5-6-19(27)24-15-10-18-20(28)25(13-23-26(18)12-15)11-14-7-8-16(21)17(22)9-14/h7-10,12-13H,2-6,11H2,1H3,(H,24,27). The van der Waals surface area contributed by atoms with E-state index in [-0.39, 0.29) is 11.5 Å². The number of fused-ring (bicyclic) bond motifs is 1. The lowest BCUT2D eigenvalue weighted by molar-refractivity contribution is -0.116. The third-order valence-electron chi connectivity index (χ3n) is 4.47. The summed E-state index contributed by atoms with van der Waals surface area (Å²) in [7, 11) is 0. The van der Waals surface area contributed by atoms with E-state index in [0.29, 0.717) is 34.2 Å². The second-order valence-electron chi connectivity index (χ2n) is 6.73. The van der Waals surface area contributed by atoms with Crippen molar-refractivity contribution in [2.45, 2.75) is 45.6 Å². The minimum atomic E-state index is -0.204. The van der Waals surface area contributed by atoms with Crippen molar-refractivity contribution < 1.29 is 4.79 Å². The Hall–Kier alpha value is -2.31. The quantitative estimate of drug-likeness (QED) is 0.534. The van der Waals surface area contributed by atoms with Crippen molar-refractivity contribution in [1.82, 2.24) is 14.2 Å². The van der Waals surface area contributed by atoms with Crippen LogP contribution in [0.15, 0.2) is 41.6 Å². The van der Waals surface area contributed by atoms with Crippen LogP contribution < -0.4 is 10.9 Å². The lowest BCUT2D eigenvalue weighted by atomic mass is 10.1. The fourth-order valence-corrected chi connectivity index (χ4v) is 3.30. The highest BCUT2D eigenvalue weighted by Crippen LogP contribution is 2.22. The normalized spacial score (nSPS) is 11.1. The van der Waals surface area contributed by atoms with Gasteiger partial charge in [-0.3, -0.25) is 14.2 Å². The van der Waals surface area contributed by atoms with Crippen molar-refractivity contribution in [3.05, 3.63) is 62.8 Å². The summed E-state index contributed by atoms with van der Waals surface area (Å²) in [6, 6.07) is 6.88. The van der Waals surface area contributed by atoms with Gasteiger partial charge in [-0.25, -0.2) is 4.52 Å². The minimum Gasteiger partial charge on any atom is -0.325 e. The smallest absolute Gasteiger partial charge is 0.278 e. The van der Waals surface area contributed by atoms with Crippen LogP contribution in [0.5, 0.6) is 0 Å². The van der Waals surface area contributed by atoms with E-state index in [9.17, 15) is 9.59 Å². The molecule has 2 heterocycles. The number of rotatable bonds is 8. The van der Waals surface area contributed by atoms with Crippen LogP contribution in [0.4, 0.5) is 5.69 Å². The average Bonchev–Trinajstić information content (AvgIpc) is 3.07. The lowest BCUT2D eigenvalue weighted by Crippen LogP contribution is -2.23. The molecule has 28 heavy (non-hydrogen) atoms. The number of unbranched alkanes of at least 4 members (excludes halogenated alkanes) is 3. The Labute approximate surface area is 173 Å². The van der Waals surface area contributed by atoms with Gasteiger partial charge in [-0.1, -0.05) is 55.5 Å². The zero-order valence-corrected chi connectivity index (χ0v) is 17.1. The summed E-state index contributed by atoms with van der Waals surface area (Å²) < 4.78 is 2.96. The van der Waals surface area contributed by atoms with Gasteiger partial charge in [0.2, 0.25) is 5.91 Å². The molecule has 0 fully saturated rings. The van der Waals surface area contributed by atoms with Gasteiger partial charge < -0.3 is 5.32 Å². The summed E-state index contributed by atoms with van der Waals surface area (Å²) in [4.78, 5) is 24.8. The van der Waals surface area contributed by atoms with Crippen molar-refractivity contribution in [3.63, 3.8) is 0 Å². The number of benzene rings is 1. The molecule has 0 atom stereocenters. The molecule has 3 rings (SSSR count). The summed E-state index contributed by atoms with van der Waals surface area (Å²) in [5, 5.41) is 8.00. The summed E-state index contributed by atoms with van der Waals surface area (Å²) in [6.07, 6.45) is 7.75. The molecule has 1 aromatic carbocycles. The third kappa shape index (κ3) is 4.94. The molecule has 0 radical (unpaired) electrons. The molecule has 1 N–H and O–H groups in total.